The number of benzene rings is 1. The Bertz CT molecular complexity index is 535. The lowest BCUT2D eigenvalue weighted by atomic mass is 9.98. The number of amides is 1. The topological polar surface area (TPSA) is 35.6 Å². The highest BCUT2D eigenvalue weighted by Crippen LogP contribution is 2.22. The van der Waals surface area contributed by atoms with E-state index in [-0.39, 0.29) is 17.6 Å². The monoisotopic (exact) mass is 339 g/mol. The van der Waals surface area contributed by atoms with E-state index in [1.165, 1.54) is 6.07 Å². The van der Waals surface area contributed by atoms with Crippen LogP contribution in [0.25, 0.3) is 0 Å². The molecule has 0 aliphatic carbocycles. The summed E-state index contributed by atoms with van der Waals surface area (Å²) >= 11 is 6.09. The first-order valence-electron chi connectivity index (χ1n) is 8.30. The first kappa shape index (κ1) is 16.7. The van der Waals surface area contributed by atoms with Gasteiger partial charge in [-0.2, -0.15) is 0 Å². The summed E-state index contributed by atoms with van der Waals surface area (Å²) in [7, 11) is 0. The molecule has 0 spiro atoms. The zero-order valence-corrected chi connectivity index (χ0v) is 14.0. The smallest absolute Gasteiger partial charge is 0.227 e. The van der Waals surface area contributed by atoms with E-state index in [9.17, 15) is 9.18 Å². The molecular formula is C17H23ClFN3O. The Morgan fingerprint density at radius 3 is 2.74 bits per heavy atom. The van der Waals surface area contributed by atoms with Gasteiger partial charge in [-0.05, 0) is 31.5 Å². The fourth-order valence-electron chi connectivity index (χ4n) is 3.35. The van der Waals surface area contributed by atoms with Crippen LogP contribution in [0.4, 0.5) is 4.39 Å². The summed E-state index contributed by atoms with van der Waals surface area (Å²) < 4.78 is 13.9. The average molecular weight is 340 g/mol. The fraction of sp³-hybridized carbons (Fsp3) is 0.588. The van der Waals surface area contributed by atoms with Gasteiger partial charge in [-0.1, -0.05) is 17.7 Å². The fourth-order valence-corrected chi connectivity index (χ4v) is 3.58. The van der Waals surface area contributed by atoms with Gasteiger partial charge in [0.25, 0.3) is 0 Å². The minimum Gasteiger partial charge on any atom is -0.340 e. The number of hydrogen-bond donors (Lipinski definition) is 1. The molecule has 0 saturated carbocycles. The Labute approximate surface area is 141 Å². The maximum absolute atomic E-state index is 13.9. The first-order chi connectivity index (χ1) is 11.1. The third-order valence-corrected chi connectivity index (χ3v) is 5.13. The molecule has 1 atom stereocenters. The summed E-state index contributed by atoms with van der Waals surface area (Å²) in [6.45, 7) is 5.25. The second kappa shape index (κ2) is 7.60. The number of nitrogens with zero attached hydrogens (tertiary/aromatic N) is 2. The predicted octanol–water partition coefficient (Wildman–Crippen LogP) is 2.12. The normalized spacial score (nSPS) is 23.0. The molecule has 1 unspecified atom stereocenters. The number of nitrogens with one attached hydrogen (secondary N) is 1. The van der Waals surface area contributed by atoms with E-state index in [0.29, 0.717) is 30.2 Å². The maximum atomic E-state index is 13.9. The molecule has 2 fully saturated rings. The molecule has 0 bridgehead atoms. The molecule has 3 rings (SSSR count). The number of carbonyl (C=O) groups is 1. The molecule has 2 aliphatic heterocycles. The van der Waals surface area contributed by atoms with Gasteiger partial charge in [-0.3, -0.25) is 9.69 Å². The zero-order valence-electron chi connectivity index (χ0n) is 13.2. The van der Waals surface area contributed by atoms with Gasteiger partial charge < -0.3 is 10.2 Å². The van der Waals surface area contributed by atoms with Crippen LogP contribution in [0.15, 0.2) is 18.2 Å². The Morgan fingerprint density at radius 2 is 2.09 bits per heavy atom. The molecular weight excluding hydrogens is 317 g/mol. The van der Waals surface area contributed by atoms with Gasteiger partial charge in [0.2, 0.25) is 5.91 Å². The Kier molecular flexibility index (Phi) is 5.51. The van der Waals surface area contributed by atoms with Crippen LogP contribution in [0, 0.1) is 11.7 Å². The first-order valence-corrected chi connectivity index (χ1v) is 8.67. The highest BCUT2D eigenvalue weighted by atomic mass is 35.5. The standard InChI is InChI=1S/C17H23ClFN3O/c18-15-4-1-5-16(19)14(15)12-21-7-9-22(10-8-21)17(23)13-3-2-6-20-11-13/h1,4-5,13,20H,2-3,6-12H2. The van der Waals surface area contributed by atoms with Crippen molar-refractivity contribution < 1.29 is 9.18 Å². The van der Waals surface area contributed by atoms with Crippen molar-refractivity contribution in [3.05, 3.63) is 34.6 Å². The number of piperazine rings is 1. The number of carbonyl (C=O) groups excluding carboxylic acids is 1. The summed E-state index contributed by atoms with van der Waals surface area (Å²) in [5, 5.41) is 3.76. The van der Waals surface area contributed by atoms with Crippen molar-refractivity contribution in [1.29, 1.82) is 0 Å². The molecule has 23 heavy (non-hydrogen) atoms. The lowest BCUT2D eigenvalue weighted by Gasteiger charge is -2.37. The Balaban J connectivity index is 1.53. The minimum atomic E-state index is -0.260. The van der Waals surface area contributed by atoms with Gasteiger partial charge >= 0.3 is 0 Å². The minimum absolute atomic E-state index is 0.122. The largest absolute Gasteiger partial charge is 0.340 e. The highest BCUT2D eigenvalue weighted by Gasteiger charge is 2.28. The van der Waals surface area contributed by atoms with E-state index in [2.05, 4.69) is 10.2 Å². The van der Waals surface area contributed by atoms with E-state index >= 15 is 0 Å². The van der Waals surface area contributed by atoms with Crippen molar-refractivity contribution in [2.45, 2.75) is 19.4 Å². The van der Waals surface area contributed by atoms with Crippen LogP contribution in [0.2, 0.25) is 5.02 Å². The average Bonchev–Trinajstić information content (AvgIpc) is 2.59. The molecule has 0 aromatic heterocycles. The summed E-state index contributed by atoms with van der Waals surface area (Å²) in [5.74, 6) is 0.126. The Hall–Kier alpha value is -1.17. The van der Waals surface area contributed by atoms with Gasteiger partial charge in [-0.25, -0.2) is 4.39 Å². The quantitative estimate of drug-likeness (QED) is 0.916. The van der Waals surface area contributed by atoms with Gasteiger partial charge in [0, 0.05) is 49.9 Å². The molecule has 0 radical (unpaired) electrons. The third-order valence-electron chi connectivity index (χ3n) is 4.77. The van der Waals surface area contributed by atoms with Crippen LogP contribution in [0.3, 0.4) is 0 Å². The molecule has 1 aromatic carbocycles. The van der Waals surface area contributed by atoms with Crippen LogP contribution in [0.5, 0.6) is 0 Å². The summed E-state index contributed by atoms with van der Waals surface area (Å²) in [6.07, 6.45) is 2.05. The van der Waals surface area contributed by atoms with Crippen molar-refractivity contribution in [2.75, 3.05) is 39.3 Å². The number of rotatable bonds is 3. The van der Waals surface area contributed by atoms with Gasteiger partial charge in [0.05, 0.1) is 5.92 Å². The summed E-state index contributed by atoms with van der Waals surface area (Å²) in [5.41, 5.74) is 0.547. The second-order valence-electron chi connectivity index (χ2n) is 6.34. The summed E-state index contributed by atoms with van der Waals surface area (Å²) in [6, 6.07) is 4.78. The van der Waals surface area contributed by atoms with E-state index in [0.717, 1.165) is 39.0 Å². The van der Waals surface area contributed by atoms with Gasteiger partial charge in [0.1, 0.15) is 5.82 Å². The molecule has 4 nitrogen and oxygen atoms in total. The van der Waals surface area contributed by atoms with Crippen molar-refractivity contribution in [1.82, 2.24) is 15.1 Å². The van der Waals surface area contributed by atoms with Crippen LogP contribution >= 0.6 is 11.6 Å². The number of hydrogen-bond acceptors (Lipinski definition) is 3. The third kappa shape index (κ3) is 4.03. The zero-order chi connectivity index (χ0) is 16.2. The molecule has 1 aromatic rings. The van der Waals surface area contributed by atoms with Crippen molar-refractivity contribution in [3.63, 3.8) is 0 Å². The second-order valence-corrected chi connectivity index (χ2v) is 6.75. The van der Waals surface area contributed by atoms with Gasteiger partial charge in [-0.15, -0.1) is 0 Å². The lowest BCUT2D eigenvalue weighted by Crippen LogP contribution is -2.51. The van der Waals surface area contributed by atoms with Crippen LogP contribution in [-0.4, -0.2) is 55.0 Å². The van der Waals surface area contributed by atoms with E-state index in [1.54, 1.807) is 12.1 Å². The SMILES string of the molecule is O=C(C1CCCNC1)N1CCN(Cc2c(F)cccc2Cl)CC1. The molecule has 6 heteroatoms. The van der Waals surface area contributed by atoms with Crippen LogP contribution in [0.1, 0.15) is 18.4 Å². The lowest BCUT2D eigenvalue weighted by molar-refractivity contribution is -0.137. The van der Waals surface area contributed by atoms with E-state index < -0.39 is 0 Å². The molecule has 1 N–H and O–H groups in total. The van der Waals surface area contributed by atoms with E-state index in [1.807, 2.05) is 4.90 Å². The molecule has 2 aliphatic rings. The van der Waals surface area contributed by atoms with Crippen molar-refractivity contribution in [2.24, 2.45) is 5.92 Å². The van der Waals surface area contributed by atoms with E-state index in [4.69, 9.17) is 11.6 Å². The maximum Gasteiger partial charge on any atom is 0.227 e. The summed E-state index contributed by atoms with van der Waals surface area (Å²) in [4.78, 5) is 16.6. The molecule has 126 valence electrons. The van der Waals surface area contributed by atoms with Crippen LogP contribution in [-0.2, 0) is 11.3 Å². The number of halogens is 2. The van der Waals surface area contributed by atoms with Crippen molar-refractivity contribution >= 4 is 17.5 Å². The molecule has 2 saturated heterocycles. The molecule has 1 amide bonds. The highest BCUT2D eigenvalue weighted by molar-refractivity contribution is 6.31. The number of piperidine rings is 1. The predicted molar refractivity (Wildman–Crippen MR) is 88.9 cm³/mol. The van der Waals surface area contributed by atoms with Crippen molar-refractivity contribution in [3.8, 4) is 0 Å². The Morgan fingerprint density at radius 1 is 1.30 bits per heavy atom. The van der Waals surface area contributed by atoms with Crippen LogP contribution < -0.4 is 5.32 Å². The molecule has 2 heterocycles. The van der Waals surface area contributed by atoms with Gasteiger partial charge in [0.15, 0.2) is 0 Å².